The van der Waals surface area contributed by atoms with E-state index in [0.717, 1.165) is 12.8 Å². The topological polar surface area (TPSA) is 57.6 Å². The summed E-state index contributed by atoms with van der Waals surface area (Å²) in [6.45, 7) is 2.47. The normalized spacial score (nSPS) is 41.6. The molecule has 98 valence electrons. The molecule has 4 heteroatoms. The molecule has 4 nitrogen and oxygen atoms in total. The summed E-state index contributed by atoms with van der Waals surface area (Å²) in [7, 11) is 0. The average Bonchev–Trinajstić information content (AvgIpc) is 3.01. The molecule has 2 fully saturated rings. The van der Waals surface area contributed by atoms with Crippen molar-refractivity contribution in [3.8, 4) is 0 Å². The van der Waals surface area contributed by atoms with Gasteiger partial charge in [-0.15, -0.1) is 0 Å². The number of carbonyl (C=O) groups excluding carboxylic acids is 1. The first-order valence-corrected chi connectivity index (χ1v) is 6.79. The smallest absolute Gasteiger partial charge is 0.308 e. The van der Waals surface area contributed by atoms with Gasteiger partial charge < -0.3 is 10.0 Å². The van der Waals surface area contributed by atoms with Gasteiger partial charge in [-0.25, -0.2) is 0 Å². The Labute approximate surface area is 107 Å². The zero-order chi connectivity index (χ0) is 12.9. The summed E-state index contributed by atoms with van der Waals surface area (Å²) < 4.78 is 0. The van der Waals surface area contributed by atoms with Gasteiger partial charge in [0.15, 0.2) is 0 Å². The molecule has 1 saturated carbocycles. The standard InChI is InChI=1S/C14H19NO3/c1-8-11(14(17)18)4-5-15(8)13(16)12-7-9-2-3-10(12)6-9/h2-3,8-12H,4-7H2,1H3,(H,17,18). The van der Waals surface area contributed by atoms with Crippen molar-refractivity contribution in [1.82, 2.24) is 4.90 Å². The third kappa shape index (κ3) is 1.66. The number of aliphatic carboxylic acids is 1. The Morgan fingerprint density at radius 1 is 1.22 bits per heavy atom. The summed E-state index contributed by atoms with van der Waals surface area (Å²) in [6.07, 6.45) is 7.06. The van der Waals surface area contributed by atoms with E-state index in [1.807, 2.05) is 6.92 Å². The molecule has 5 atom stereocenters. The Morgan fingerprint density at radius 2 is 2.00 bits per heavy atom. The number of nitrogens with zero attached hydrogens (tertiary/aromatic N) is 1. The molecule has 2 bridgehead atoms. The number of carbonyl (C=O) groups is 2. The molecule has 3 rings (SSSR count). The molecule has 5 unspecified atom stereocenters. The zero-order valence-electron chi connectivity index (χ0n) is 10.6. The predicted octanol–water partition coefficient (Wildman–Crippen LogP) is 1.52. The molecule has 1 heterocycles. The lowest BCUT2D eigenvalue weighted by atomic mass is 9.92. The maximum absolute atomic E-state index is 12.5. The highest BCUT2D eigenvalue weighted by atomic mass is 16.4. The summed E-state index contributed by atoms with van der Waals surface area (Å²) in [4.78, 5) is 25.4. The van der Waals surface area contributed by atoms with Crippen LogP contribution in [0.4, 0.5) is 0 Å². The van der Waals surface area contributed by atoms with Crippen LogP contribution in [0.15, 0.2) is 12.2 Å². The lowest BCUT2D eigenvalue weighted by Crippen LogP contribution is -2.42. The Morgan fingerprint density at radius 3 is 2.50 bits per heavy atom. The number of fused-ring (bicyclic) bond motifs is 2. The number of carboxylic acids is 1. The molecular weight excluding hydrogens is 230 g/mol. The van der Waals surface area contributed by atoms with Gasteiger partial charge in [-0.2, -0.15) is 0 Å². The van der Waals surface area contributed by atoms with Gasteiger partial charge in [0.05, 0.1) is 5.92 Å². The van der Waals surface area contributed by atoms with Crippen molar-refractivity contribution < 1.29 is 14.7 Å². The van der Waals surface area contributed by atoms with E-state index in [4.69, 9.17) is 5.11 Å². The summed E-state index contributed by atoms with van der Waals surface area (Å²) in [6, 6.07) is -0.155. The van der Waals surface area contributed by atoms with Gasteiger partial charge in [0.25, 0.3) is 0 Å². The zero-order valence-corrected chi connectivity index (χ0v) is 10.6. The predicted molar refractivity (Wildman–Crippen MR) is 65.8 cm³/mol. The van der Waals surface area contributed by atoms with Crippen LogP contribution in [0.2, 0.25) is 0 Å². The fourth-order valence-electron chi connectivity index (χ4n) is 3.86. The molecule has 1 amide bonds. The molecule has 0 aromatic rings. The van der Waals surface area contributed by atoms with Crippen LogP contribution in [-0.2, 0) is 9.59 Å². The number of rotatable bonds is 2. The van der Waals surface area contributed by atoms with E-state index in [-0.39, 0.29) is 23.8 Å². The highest BCUT2D eigenvalue weighted by molar-refractivity contribution is 5.82. The van der Waals surface area contributed by atoms with Crippen molar-refractivity contribution in [2.75, 3.05) is 6.54 Å². The van der Waals surface area contributed by atoms with E-state index in [9.17, 15) is 9.59 Å². The van der Waals surface area contributed by atoms with Gasteiger partial charge in [0.2, 0.25) is 5.91 Å². The summed E-state index contributed by atoms with van der Waals surface area (Å²) >= 11 is 0. The van der Waals surface area contributed by atoms with E-state index in [0.29, 0.717) is 24.8 Å². The van der Waals surface area contributed by atoms with Crippen LogP contribution in [0.25, 0.3) is 0 Å². The summed E-state index contributed by atoms with van der Waals surface area (Å²) in [5.41, 5.74) is 0. The molecule has 2 aliphatic carbocycles. The fourth-order valence-corrected chi connectivity index (χ4v) is 3.86. The van der Waals surface area contributed by atoms with Crippen LogP contribution in [0.1, 0.15) is 26.2 Å². The van der Waals surface area contributed by atoms with E-state index < -0.39 is 5.97 Å². The number of hydrogen-bond donors (Lipinski definition) is 1. The second-order valence-electron chi connectivity index (χ2n) is 5.89. The monoisotopic (exact) mass is 249 g/mol. The van der Waals surface area contributed by atoms with Crippen molar-refractivity contribution in [1.29, 1.82) is 0 Å². The Hall–Kier alpha value is -1.32. The van der Waals surface area contributed by atoms with Gasteiger partial charge >= 0.3 is 5.97 Å². The number of likely N-dealkylation sites (tertiary alicyclic amines) is 1. The molecule has 1 saturated heterocycles. The molecule has 0 radical (unpaired) electrons. The maximum atomic E-state index is 12.5. The van der Waals surface area contributed by atoms with Gasteiger partial charge in [-0.1, -0.05) is 12.2 Å². The van der Waals surface area contributed by atoms with Gasteiger partial charge in [-0.05, 0) is 38.0 Å². The van der Waals surface area contributed by atoms with Gasteiger partial charge in [0.1, 0.15) is 0 Å². The highest BCUT2D eigenvalue weighted by Gasteiger charge is 2.45. The van der Waals surface area contributed by atoms with Crippen molar-refractivity contribution in [3.05, 3.63) is 12.2 Å². The Bertz CT molecular complexity index is 417. The quantitative estimate of drug-likeness (QED) is 0.755. The molecule has 0 aromatic heterocycles. The maximum Gasteiger partial charge on any atom is 0.308 e. The van der Waals surface area contributed by atoms with E-state index >= 15 is 0 Å². The van der Waals surface area contributed by atoms with Crippen LogP contribution in [0.5, 0.6) is 0 Å². The van der Waals surface area contributed by atoms with E-state index in [1.54, 1.807) is 4.90 Å². The second-order valence-corrected chi connectivity index (χ2v) is 5.89. The third-order valence-electron chi connectivity index (χ3n) is 4.95. The number of carboxylic acid groups (broad SMARTS) is 1. The Kier molecular flexibility index (Phi) is 2.68. The molecule has 18 heavy (non-hydrogen) atoms. The summed E-state index contributed by atoms with van der Waals surface area (Å²) in [5, 5.41) is 9.10. The fraction of sp³-hybridized carbons (Fsp3) is 0.714. The molecule has 1 aliphatic heterocycles. The van der Waals surface area contributed by atoms with Crippen molar-refractivity contribution in [3.63, 3.8) is 0 Å². The number of amides is 1. The first-order valence-electron chi connectivity index (χ1n) is 6.79. The average molecular weight is 249 g/mol. The van der Waals surface area contributed by atoms with Gasteiger partial charge in [0, 0.05) is 18.5 Å². The minimum Gasteiger partial charge on any atom is -0.481 e. The van der Waals surface area contributed by atoms with Crippen LogP contribution >= 0.6 is 0 Å². The molecule has 1 N–H and O–H groups in total. The van der Waals surface area contributed by atoms with Crippen molar-refractivity contribution in [2.24, 2.45) is 23.7 Å². The number of hydrogen-bond acceptors (Lipinski definition) is 2. The first kappa shape index (κ1) is 11.8. The highest BCUT2D eigenvalue weighted by Crippen LogP contribution is 2.45. The molecule has 0 spiro atoms. The van der Waals surface area contributed by atoms with Crippen LogP contribution in [0, 0.1) is 23.7 Å². The van der Waals surface area contributed by atoms with Crippen LogP contribution < -0.4 is 0 Å². The minimum atomic E-state index is -0.773. The van der Waals surface area contributed by atoms with E-state index in [2.05, 4.69) is 12.2 Å². The third-order valence-corrected chi connectivity index (χ3v) is 4.95. The Balaban J connectivity index is 1.71. The minimum absolute atomic E-state index is 0.106. The lowest BCUT2D eigenvalue weighted by molar-refractivity contribution is -0.143. The molecular formula is C14H19NO3. The second kappa shape index (κ2) is 4.11. The van der Waals surface area contributed by atoms with Crippen molar-refractivity contribution in [2.45, 2.75) is 32.2 Å². The SMILES string of the molecule is CC1C(C(=O)O)CCN1C(=O)C1CC2C=CC1C2. The first-order chi connectivity index (χ1) is 8.58. The van der Waals surface area contributed by atoms with Crippen LogP contribution in [-0.4, -0.2) is 34.5 Å². The summed E-state index contributed by atoms with van der Waals surface area (Å²) in [5.74, 6) is 0.113. The van der Waals surface area contributed by atoms with E-state index in [1.165, 1.54) is 0 Å². The van der Waals surface area contributed by atoms with Crippen molar-refractivity contribution >= 4 is 11.9 Å². The van der Waals surface area contributed by atoms with Crippen LogP contribution in [0.3, 0.4) is 0 Å². The lowest BCUT2D eigenvalue weighted by Gasteiger charge is -2.28. The van der Waals surface area contributed by atoms with Gasteiger partial charge in [-0.3, -0.25) is 9.59 Å². The largest absolute Gasteiger partial charge is 0.481 e. The molecule has 3 aliphatic rings. The number of allylic oxidation sites excluding steroid dienone is 2. The molecule has 0 aromatic carbocycles.